The van der Waals surface area contributed by atoms with Crippen molar-refractivity contribution in [3.63, 3.8) is 0 Å². The van der Waals surface area contributed by atoms with Gasteiger partial charge in [-0.3, -0.25) is 0 Å². The molecule has 0 aliphatic rings. The molecule has 0 N–H and O–H groups in total. The molecule has 18 heavy (non-hydrogen) atoms. The van der Waals surface area contributed by atoms with E-state index in [2.05, 4.69) is 13.2 Å². The fourth-order valence-corrected chi connectivity index (χ4v) is 1.000. The fourth-order valence-electron chi connectivity index (χ4n) is 1.000. The largest absolute Gasteiger partial charge is 0.471 e. The monoisotopic (exact) mass is 258 g/mol. The van der Waals surface area contributed by atoms with E-state index in [0.717, 1.165) is 0 Å². The van der Waals surface area contributed by atoms with Crippen LogP contribution in [0.2, 0.25) is 0 Å². The van der Waals surface area contributed by atoms with Gasteiger partial charge >= 0.3 is 5.97 Å². The minimum atomic E-state index is -0.711. The Balaban J connectivity index is 3.44. The van der Waals surface area contributed by atoms with Gasteiger partial charge < -0.3 is 18.9 Å². The van der Waals surface area contributed by atoms with Gasteiger partial charge in [0.05, 0.1) is 26.1 Å². The SMILES string of the molecule is C=COC(C)(C)OCCOCCOC(=O)C(=C)C. The van der Waals surface area contributed by atoms with Crippen LogP contribution in [0.5, 0.6) is 0 Å². The average molecular weight is 258 g/mol. The summed E-state index contributed by atoms with van der Waals surface area (Å²) in [7, 11) is 0. The van der Waals surface area contributed by atoms with Gasteiger partial charge in [-0.05, 0) is 6.92 Å². The van der Waals surface area contributed by atoms with Gasteiger partial charge in [-0.2, -0.15) is 0 Å². The van der Waals surface area contributed by atoms with Crippen LogP contribution < -0.4 is 0 Å². The van der Waals surface area contributed by atoms with Crippen LogP contribution in [0.25, 0.3) is 0 Å². The Hall–Kier alpha value is -1.33. The van der Waals surface area contributed by atoms with Gasteiger partial charge in [0.25, 0.3) is 0 Å². The Morgan fingerprint density at radius 3 is 2.39 bits per heavy atom. The third-order valence-corrected chi connectivity index (χ3v) is 1.85. The molecule has 0 aromatic heterocycles. The van der Waals surface area contributed by atoms with Crippen LogP contribution in [-0.4, -0.2) is 38.2 Å². The zero-order chi connectivity index (χ0) is 14.0. The third-order valence-electron chi connectivity index (χ3n) is 1.85. The number of ether oxygens (including phenoxy) is 4. The summed E-state index contributed by atoms with van der Waals surface area (Å²) in [5.41, 5.74) is 0.377. The first-order valence-corrected chi connectivity index (χ1v) is 5.72. The Morgan fingerprint density at radius 2 is 1.83 bits per heavy atom. The molecule has 0 aromatic rings. The summed E-state index contributed by atoms with van der Waals surface area (Å²) in [6.07, 6.45) is 1.33. The minimum Gasteiger partial charge on any atom is -0.471 e. The van der Waals surface area contributed by atoms with Gasteiger partial charge in [-0.15, -0.1) is 0 Å². The highest BCUT2D eigenvalue weighted by Crippen LogP contribution is 2.10. The van der Waals surface area contributed by atoms with Gasteiger partial charge in [-0.25, -0.2) is 4.79 Å². The summed E-state index contributed by atoms with van der Waals surface area (Å²) in [4.78, 5) is 11.0. The Morgan fingerprint density at radius 1 is 1.22 bits per heavy atom. The molecule has 5 heteroatoms. The molecule has 0 heterocycles. The number of carbonyl (C=O) groups excluding carboxylic acids is 1. The van der Waals surface area contributed by atoms with E-state index < -0.39 is 11.8 Å². The number of hydrogen-bond donors (Lipinski definition) is 0. The minimum absolute atomic E-state index is 0.207. The van der Waals surface area contributed by atoms with E-state index in [-0.39, 0.29) is 6.61 Å². The summed E-state index contributed by atoms with van der Waals surface area (Å²) in [5.74, 6) is -1.12. The third kappa shape index (κ3) is 8.78. The molecule has 0 radical (unpaired) electrons. The highest BCUT2D eigenvalue weighted by Gasteiger charge is 2.17. The highest BCUT2D eigenvalue weighted by molar-refractivity contribution is 5.86. The molecule has 104 valence electrons. The second-order valence-corrected chi connectivity index (χ2v) is 4.06. The summed E-state index contributed by atoms with van der Waals surface area (Å²) in [5, 5.41) is 0. The van der Waals surface area contributed by atoms with Crippen molar-refractivity contribution in [1.82, 2.24) is 0 Å². The lowest BCUT2D eigenvalue weighted by atomic mass is 10.4. The first-order valence-electron chi connectivity index (χ1n) is 5.72. The van der Waals surface area contributed by atoms with Crippen molar-refractivity contribution in [1.29, 1.82) is 0 Å². The summed E-state index contributed by atoms with van der Waals surface area (Å²) in [6.45, 7) is 13.4. The van der Waals surface area contributed by atoms with Crippen molar-refractivity contribution < 1.29 is 23.7 Å². The second kappa shape index (κ2) is 8.72. The van der Waals surface area contributed by atoms with Gasteiger partial charge in [-0.1, -0.05) is 13.2 Å². The number of hydrogen-bond acceptors (Lipinski definition) is 5. The van der Waals surface area contributed by atoms with E-state index in [4.69, 9.17) is 18.9 Å². The van der Waals surface area contributed by atoms with Crippen LogP contribution >= 0.6 is 0 Å². The Bertz CT molecular complexity index is 283. The predicted molar refractivity (Wildman–Crippen MR) is 67.9 cm³/mol. The van der Waals surface area contributed by atoms with E-state index in [0.29, 0.717) is 25.4 Å². The molecular formula is C13H22O5. The van der Waals surface area contributed by atoms with Crippen LogP contribution in [0, 0.1) is 0 Å². The molecule has 5 nitrogen and oxygen atoms in total. The second-order valence-electron chi connectivity index (χ2n) is 4.06. The van der Waals surface area contributed by atoms with Gasteiger partial charge in [0.1, 0.15) is 6.61 Å². The summed E-state index contributed by atoms with van der Waals surface area (Å²) in [6, 6.07) is 0. The van der Waals surface area contributed by atoms with Crippen LogP contribution in [0.15, 0.2) is 25.0 Å². The average Bonchev–Trinajstić information content (AvgIpc) is 2.27. The normalized spacial score (nSPS) is 10.8. The molecule has 0 amide bonds. The molecule has 0 spiro atoms. The zero-order valence-electron chi connectivity index (χ0n) is 11.4. The topological polar surface area (TPSA) is 54.0 Å². The Kier molecular flexibility index (Phi) is 8.07. The van der Waals surface area contributed by atoms with E-state index >= 15 is 0 Å². The van der Waals surface area contributed by atoms with Crippen molar-refractivity contribution in [3.05, 3.63) is 25.0 Å². The molecule has 0 saturated heterocycles. The van der Waals surface area contributed by atoms with E-state index in [1.54, 1.807) is 20.8 Å². The molecule has 0 fully saturated rings. The van der Waals surface area contributed by atoms with Crippen molar-refractivity contribution in [3.8, 4) is 0 Å². The number of carbonyl (C=O) groups is 1. The van der Waals surface area contributed by atoms with Gasteiger partial charge in [0, 0.05) is 19.4 Å². The summed E-state index contributed by atoms with van der Waals surface area (Å²) < 4.78 is 20.6. The smallest absolute Gasteiger partial charge is 0.333 e. The summed E-state index contributed by atoms with van der Waals surface area (Å²) >= 11 is 0. The van der Waals surface area contributed by atoms with E-state index in [1.807, 2.05) is 0 Å². The molecule has 0 aliphatic carbocycles. The van der Waals surface area contributed by atoms with E-state index in [9.17, 15) is 4.79 Å². The molecule has 0 bridgehead atoms. The number of rotatable bonds is 10. The maximum atomic E-state index is 11.0. The van der Waals surface area contributed by atoms with Crippen LogP contribution in [0.3, 0.4) is 0 Å². The highest BCUT2D eigenvalue weighted by atomic mass is 16.7. The molecule has 0 saturated carbocycles. The molecule has 0 aromatic carbocycles. The maximum Gasteiger partial charge on any atom is 0.333 e. The molecular weight excluding hydrogens is 236 g/mol. The van der Waals surface area contributed by atoms with Crippen LogP contribution in [0.1, 0.15) is 20.8 Å². The fraction of sp³-hybridized carbons (Fsp3) is 0.615. The maximum absolute atomic E-state index is 11.0. The quantitative estimate of drug-likeness (QED) is 0.197. The molecule has 0 rings (SSSR count). The van der Waals surface area contributed by atoms with Crippen LogP contribution in [-0.2, 0) is 23.7 Å². The Labute approximate surface area is 108 Å². The first kappa shape index (κ1) is 16.7. The lowest BCUT2D eigenvalue weighted by Gasteiger charge is -2.24. The molecule has 0 aliphatic heterocycles. The van der Waals surface area contributed by atoms with Crippen molar-refractivity contribution in [2.75, 3.05) is 26.4 Å². The predicted octanol–water partition coefficient (Wildman–Crippen LogP) is 2.04. The lowest BCUT2D eigenvalue weighted by molar-refractivity contribution is -0.188. The van der Waals surface area contributed by atoms with Gasteiger partial charge in [0.15, 0.2) is 0 Å². The van der Waals surface area contributed by atoms with Crippen molar-refractivity contribution in [2.24, 2.45) is 0 Å². The van der Waals surface area contributed by atoms with Crippen molar-refractivity contribution in [2.45, 2.75) is 26.6 Å². The van der Waals surface area contributed by atoms with Gasteiger partial charge in [0.2, 0.25) is 5.79 Å². The van der Waals surface area contributed by atoms with Crippen molar-refractivity contribution >= 4 is 5.97 Å². The number of esters is 1. The zero-order valence-corrected chi connectivity index (χ0v) is 11.4. The van der Waals surface area contributed by atoms with E-state index in [1.165, 1.54) is 6.26 Å². The standard InChI is InChI=1S/C13H22O5/c1-6-17-13(4,5)18-10-8-15-7-9-16-12(14)11(2)3/h6H,1-2,7-10H2,3-5H3. The molecule has 0 unspecified atom stereocenters. The molecule has 0 atom stereocenters. The first-order chi connectivity index (χ1) is 8.39. The van der Waals surface area contributed by atoms with Crippen LogP contribution in [0.4, 0.5) is 0 Å². The lowest BCUT2D eigenvalue weighted by Crippen LogP contribution is -2.28.